The van der Waals surface area contributed by atoms with Crippen molar-refractivity contribution in [2.24, 2.45) is 0 Å². The summed E-state index contributed by atoms with van der Waals surface area (Å²) in [5, 5.41) is 5.44. The Morgan fingerprint density at radius 1 is 0.900 bits per heavy atom. The van der Waals surface area contributed by atoms with Crippen molar-refractivity contribution in [3.8, 4) is 0 Å². The predicted octanol–water partition coefficient (Wildman–Crippen LogP) is 5.00. The molecule has 0 bridgehead atoms. The van der Waals surface area contributed by atoms with Gasteiger partial charge in [-0.2, -0.15) is 0 Å². The number of nitrogens with zero attached hydrogens (tertiary/aromatic N) is 2. The van der Waals surface area contributed by atoms with Crippen LogP contribution in [0.15, 0.2) is 60.0 Å². The average molecular weight is 420 g/mol. The van der Waals surface area contributed by atoms with E-state index in [-0.39, 0.29) is 11.7 Å². The molecular weight excluding hydrogens is 394 g/mol. The van der Waals surface area contributed by atoms with E-state index in [1.807, 2.05) is 23.6 Å². The molecule has 0 saturated carbocycles. The molecule has 1 saturated heterocycles. The molecule has 5 nitrogen and oxygen atoms in total. The summed E-state index contributed by atoms with van der Waals surface area (Å²) < 4.78 is 0. The van der Waals surface area contributed by atoms with Crippen LogP contribution in [0.5, 0.6) is 0 Å². The van der Waals surface area contributed by atoms with Crippen LogP contribution >= 0.6 is 11.3 Å². The van der Waals surface area contributed by atoms with Crippen molar-refractivity contribution >= 4 is 28.2 Å². The lowest BCUT2D eigenvalue weighted by Crippen LogP contribution is -2.24. The number of amides is 1. The molecule has 154 valence electrons. The number of ketones is 1. The number of likely N-dealkylation sites (tertiary alicyclic amines) is 1. The quantitative estimate of drug-likeness (QED) is 0.571. The molecular formula is C24H25N3O2S. The molecule has 1 N–H and O–H groups in total. The van der Waals surface area contributed by atoms with Crippen LogP contribution in [0.2, 0.25) is 0 Å². The number of hydrogen-bond donors (Lipinski definition) is 1. The standard InChI is InChI=1S/C24H25N3O2S/c28-22(18-10-4-3-5-11-18)20-12-6-7-13-21(20)23(29)26-24-25-19(17-30-24)16-27-14-8-1-2-9-15-27/h3-7,10-13,17H,1-2,8-9,14-16H2,(H,25,26,29). The number of anilines is 1. The van der Waals surface area contributed by atoms with E-state index in [1.165, 1.54) is 37.0 Å². The van der Waals surface area contributed by atoms with E-state index >= 15 is 0 Å². The van der Waals surface area contributed by atoms with Gasteiger partial charge in [0.2, 0.25) is 0 Å². The van der Waals surface area contributed by atoms with Crippen LogP contribution in [-0.4, -0.2) is 34.7 Å². The third-order valence-corrected chi connectivity index (χ3v) is 6.12. The lowest BCUT2D eigenvalue weighted by Gasteiger charge is -2.17. The smallest absolute Gasteiger partial charge is 0.258 e. The number of benzene rings is 2. The van der Waals surface area contributed by atoms with Crippen molar-refractivity contribution in [3.05, 3.63) is 82.4 Å². The summed E-state index contributed by atoms with van der Waals surface area (Å²) in [5.74, 6) is -0.479. The highest BCUT2D eigenvalue weighted by molar-refractivity contribution is 7.14. The molecule has 0 atom stereocenters. The summed E-state index contributed by atoms with van der Waals surface area (Å²) in [5.41, 5.74) is 2.29. The Morgan fingerprint density at radius 3 is 2.30 bits per heavy atom. The van der Waals surface area contributed by atoms with Crippen LogP contribution in [0, 0.1) is 0 Å². The molecule has 1 aromatic heterocycles. The molecule has 6 heteroatoms. The van der Waals surface area contributed by atoms with Crippen LogP contribution in [0.25, 0.3) is 0 Å². The number of aromatic nitrogens is 1. The molecule has 2 heterocycles. The summed E-state index contributed by atoms with van der Waals surface area (Å²) in [6.45, 7) is 3.03. The lowest BCUT2D eigenvalue weighted by molar-refractivity contribution is 0.0996. The lowest BCUT2D eigenvalue weighted by atomic mass is 9.98. The minimum atomic E-state index is -0.314. The van der Waals surface area contributed by atoms with E-state index in [9.17, 15) is 9.59 Å². The number of carbonyl (C=O) groups excluding carboxylic acids is 2. The second-order valence-corrected chi connectivity index (χ2v) is 8.39. The predicted molar refractivity (Wildman–Crippen MR) is 120 cm³/mol. The Balaban J connectivity index is 1.46. The first-order valence-electron chi connectivity index (χ1n) is 10.4. The van der Waals surface area contributed by atoms with E-state index in [0.29, 0.717) is 21.8 Å². The molecule has 1 fully saturated rings. The van der Waals surface area contributed by atoms with Crippen molar-refractivity contribution < 1.29 is 9.59 Å². The van der Waals surface area contributed by atoms with Gasteiger partial charge in [0.1, 0.15) is 0 Å². The molecule has 0 aliphatic carbocycles. The molecule has 1 amide bonds. The van der Waals surface area contributed by atoms with Crippen LogP contribution in [0.3, 0.4) is 0 Å². The summed E-state index contributed by atoms with van der Waals surface area (Å²) in [7, 11) is 0. The molecule has 0 spiro atoms. The van der Waals surface area contributed by atoms with Crippen molar-refractivity contribution in [2.75, 3.05) is 18.4 Å². The first kappa shape index (κ1) is 20.4. The zero-order valence-electron chi connectivity index (χ0n) is 16.8. The van der Waals surface area contributed by atoms with E-state index in [2.05, 4.69) is 15.2 Å². The topological polar surface area (TPSA) is 62.3 Å². The SMILES string of the molecule is O=C(Nc1nc(CN2CCCCCC2)cs1)c1ccccc1C(=O)c1ccccc1. The highest BCUT2D eigenvalue weighted by atomic mass is 32.1. The first-order valence-corrected chi connectivity index (χ1v) is 11.3. The third kappa shape index (κ3) is 5.01. The summed E-state index contributed by atoms with van der Waals surface area (Å²) in [6, 6.07) is 15.9. The monoisotopic (exact) mass is 419 g/mol. The molecule has 3 aromatic rings. The third-order valence-electron chi connectivity index (χ3n) is 5.31. The second kappa shape index (κ2) is 9.78. The van der Waals surface area contributed by atoms with Gasteiger partial charge in [0.05, 0.1) is 11.3 Å². The van der Waals surface area contributed by atoms with Crippen LogP contribution in [-0.2, 0) is 6.54 Å². The molecule has 0 radical (unpaired) electrons. The molecule has 4 rings (SSSR count). The molecule has 0 unspecified atom stereocenters. The van der Waals surface area contributed by atoms with Gasteiger partial charge in [-0.3, -0.25) is 19.8 Å². The van der Waals surface area contributed by atoms with Gasteiger partial charge in [-0.1, -0.05) is 61.4 Å². The number of hydrogen-bond acceptors (Lipinski definition) is 5. The Morgan fingerprint density at radius 2 is 1.57 bits per heavy atom. The highest BCUT2D eigenvalue weighted by Gasteiger charge is 2.19. The average Bonchev–Trinajstić information content (AvgIpc) is 3.05. The van der Waals surface area contributed by atoms with E-state index < -0.39 is 0 Å². The van der Waals surface area contributed by atoms with Gasteiger partial charge in [0.25, 0.3) is 5.91 Å². The Bertz CT molecular complexity index is 1010. The van der Waals surface area contributed by atoms with Gasteiger partial charge in [0.15, 0.2) is 10.9 Å². The van der Waals surface area contributed by atoms with Gasteiger partial charge in [-0.05, 0) is 32.0 Å². The van der Waals surface area contributed by atoms with Gasteiger partial charge in [-0.25, -0.2) is 4.98 Å². The maximum atomic E-state index is 12.9. The van der Waals surface area contributed by atoms with Crippen molar-refractivity contribution in [3.63, 3.8) is 0 Å². The zero-order chi connectivity index (χ0) is 20.8. The maximum absolute atomic E-state index is 12.9. The van der Waals surface area contributed by atoms with Crippen LogP contribution in [0.1, 0.15) is 57.7 Å². The largest absolute Gasteiger partial charge is 0.298 e. The van der Waals surface area contributed by atoms with Crippen molar-refractivity contribution in [1.29, 1.82) is 0 Å². The summed E-state index contributed by atoms with van der Waals surface area (Å²) in [6.07, 6.45) is 5.08. The van der Waals surface area contributed by atoms with Crippen LogP contribution in [0.4, 0.5) is 5.13 Å². The van der Waals surface area contributed by atoms with Gasteiger partial charge in [0, 0.05) is 23.1 Å². The fourth-order valence-electron chi connectivity index (χ4n) is 3.75. The number of carbonyl (C=O) groups is 2. The van der Waals surface area contributed by atoms with E-state index in [0.717, 1.165) is 25.3 Å². The highest BCUT2D eigenvalue weighted by Crippen LogP contribution is 2.21. The van der Waals surface area contributed by atoms with Gasteiger partial charge < -0.3 is 0 Å². The Hall–Kier alpha value is -2.83. The summed E-state index contributed by atoms with van der Waals surface area (Å²) >= 11 is 1.42. The Kier molecular flexibility index (Phi) is 6.67. The zero-order valence-corrected chi connectivity index (χ0v) is 17.7. The molecule has 1 aliphatic rings. The fourth-order valence-corrected chi connectivity index (χ4v) is 4.45. The van der Waals surface area contributed by atoms with Crippen molar-refractivity contribution in [1.82, 2.24) is 9.88 Å². The normalized spacial score (nSPS) is 14.8. The fraction of sp³-hybridized carbons (Fsp3) is 0.292. The minimum absolute atomic E-state index is 0.164. The Labute approximate surface area is 180 Å². The minimum Gasteiger partial charge on any atom is -0.298 e. The number of rotatable bonds is 6. The molecule has 2 aromatic carbocycles. The van der Waals surface area contributed by atoms with Crippen LogP contribution < -0.4 is 5.32 Å². The van der Waals surface area contributed by atoms with E-state index in [1.54, 1.807) is 36.4 Å². The van der Waals surface area contributed by atoms with Crippen molar-refractivity contribution in [2.45, 2.75) is 32.2 Å². The van der Waals surface area contributed by atoms with Gasteiger partial charge in [-0.15, -0.1) is 11.3 Å². The summed E-state index contributed by atoms with van der Waals surface area (Å²) in [4.78, 5) is 32.8. The van der Waals surface area contributed by atoms with E-state index in [4.69, 9.17) is 0 Å². The second-order valence-electron chi connectivity index (χ2n) is 7.53. The molecule has 1 aliphatic heterocycles. The number of nitrogens with one attached hydrogen (secondary N) is 1. The number of thiazole rings is 1. The first-order chi connectivity index (χ1) is 14.7. The maximum Gasteiger partial charge on any atom is 0.258 e. The van der Waals surface area contributed by atoms with Gasteiger partial charge >= 0.3 is 0 Å². The molecule has 30 heavy (non-hydrogen) atoms.